The van der Waals surface area contributed by atoms with Gasteiger partial charge in [-0.15, -0.1) is 0 Å². The fourth-order valence-corrected chi connectivity index (χ4v) is 1.92. The predicted octanol–water partition coefficient (Wildman–Crippen LogP) is 3.71. The first-order valence-electron chi connectivity index (χ1n) is 6.15. The summed E-state index contributed by atoms with van der Waals surface area (Å²) in [5.41, 5.74) is 0.908. The number of Topliss-reactive ketones (excluding diaryl/α,β-unsaturated/α-hetero) is 1. The number of hydrogen-bond donors (Lipinski definition) is 0. The summed E-state index contributed by atoms with van der Waals surface area (Å²) in [7, 11) is 0. The van der Waals surface area contributed by atoms with E-state index in [1.165, 1.54) is 18.2 Å². The summed E-state index contributed by atoms with van der Waals surface area (Å²) in [5.74, 6) is -1.48. The molecule has 0 fully saturated rings. The highest BCUT2D eigenvalue weighted by molar-refractivity contribution is 5.81. The van der Waals surface area contributed by atoms with Crippen LogP contribution >= 0.6 is 0 Å². The lowest BCUT2D eigenvalue weighted by Gasteiger charge is -2.04. The average Bonchev–Trinajstić information content (AvgIpc) is 2.42. The van der Waals surface area contributed by atoms with Gasteiger partial charge in [0, 0.05) is 18.4 Å². The second-order valence-electron chi connectivity index (χ2n) is 4.40. The fourth-order valence-electron chi connectivity index (χ4n) is 1.92. The maximum absolute atomic E-state index is 13.4. The molecule has 2 rings (SSSR count). The summed E-state index contributed by atoms with van der Waals surface area (Å²) in [6.45, 7) is 0. The molecule has 19 heavy (non-hydrogen) atoms. The molecular weight excluding hydrogens is 246 g/mol. The lowest BCUT2D eigenvalue weighted by Crippen LogP contribution is -2.07. The first-order chi connectivity index (χ1) is 9.16. The van der Waals surface area contributed by atoms with Gasteiger partial charge in [0.05, 0.1) is 0 Å². The van der Waals surface area contributed by atoms with Gasteiger partial charge >= 0.3 is 0 Å². The van der Waals surface area contributed by atoms with Crippen LogP contribution in [0.3, 0.4) is 0 Å². The van der Waals surface area contributed by atoms with E-state index in [0.717, 1.165) is 5.56 Å². The number of halogens is 2. The molecule has 0 aliphatic carbocycles. The van der Waals surface area contributed by atoms with Gasteiger partial charge in [-0.1, -0.05) is 36.4 Å². The Morgan fingerprint density at radius 2 is 1.53 bits per heavy atom. The van der Waals surface area contributed by atoms with E-state index in [-0.39, 0.29) is 24.2 Å². The van der Waals surface area contributed by atoms with Crippen molar-refractivity contribution in [3.63, 3.8) is 0 Å². The van der Waals surface area contributed by atoms with E-state index in [0.29, 0.717) is 6.42 Å². The van der Waals surface area contributed by atoms with Crippen molar-refractivity contribution in [2.75, 3.05) is 0 Å². The van der Waals surface area contributed by atoms with Crippen LogP contribution in [-0.4, -0.2) is 5.78 Å². The SMILES string of the molecule is O=C(CCc1ccccc1)Cc1c(F)cccc1F. The van der Waals surface area contributed by atoms with Gasteiger partial charge in [0.2, 0.25) is 0 Å². The minimum atomic E-state index is -0.659. The van der Waals surface area contributed by atoms with Crippen molar-refractivity contribution in [2.45, 2.75) is 19.3 Å². The van der Waals surface area contributed by atoms with E-state index < -0.39 is 11.6 Å². The van der Waals surface area contributed by atoms with Gasteiger partial charge < -0.3 is 0 Å². The molecule has 0 spiro atoms. The van der Waals surface area contributed by atoms with E-state index in [1.54, 1.807) is 0 Å². The van der Waals surface area contributed by atoms with Crippen molar-refractivity contribution in [1.82, 2.24) is 0 Å². The van der Waals surface area contributed by atoms with Crippen LogP contribution in [0.5, 0.6) is 0 Å². The van der Waals surface area contributed by atoms with Crippen LogP contribution in [0.1, 0.15) is 17.5 Å². The van der Waals surface area contributed by atoms with E-state index in [2.05, 4.69) is 0 Å². The van der Waals surface area contributed by atoms with Gasteiger partial charge in [0.1, 0.15) is 17.4 Å². The number of benzene rings is 2. The second kappa shape index (κ2) is 6.23. The Morgan fingerprint density at radius 1 is 0.895 bits per heavy atom. The molecule has 0 heterocycles. The highest BCUT2D eigenvalue weighted by Crippen LogP contribution is 2.14. The van der Waals surface area contributed by atoms with E-state index >= 15 is 0 Å². The molecule has 2 aromatic carbocycles. The molecule has 0 atom stereocenters. The molecule has 98 valence electrons. The maximum atomic E-state index is 13.4. The topological polar surface area (TPSA) is 17.1 Å². The van der Waals surface area contributed by atoms with Gasteiger partial charge in [0.25, 0.3) is 0 Å². The Labute approximate surface area is 110 Å². The number of aryl methyl sites for hydroxylation is 1. The third-order valence-corrected chi connectivity index (χ3v) is 2.97. The van der Waals surface area contributed by atoms with Crippen LogP contribution in [0.4, 0.5) is 8.78 Å². The van der Waals surface area contributed by atoms with Crippen molar-refractivity contribution >= 4 is 5.78 Å². The molecule has 0 bridgehead atoms. The standard InChI is InChI=1S/C16H14F2O/c17-15-7-4-8-16(18)14(15)11-13(19)10-9-12-5-2-1-3-6-12/h1-8H,9-11H2. The molecule has 0 amide bonds. The Bertz CT molecular complexity index is 544. The third-order valence-electron chi connectivity index (χ3n) is 2.97. The summed E-state index contributed by atoms with van der Waals surface area (Å²) < 4.78 is 26.8. The second-order valence-corrected chi connectivity index (χ2v) is 4.40. The largest absolute Gasteiger partial charge is 0.299 e. The molecule has 0 radical (unpaired) electrons. The Balaban J connectivity index is 1.95. The highest BCUT2D eigenvalue weighted by atomic mass is 19.1. The quantitative estimate of drug-likeness (QED) is 0.801. The van der Waals surface area contributed by atoms with Crippen molar-refractivity contribution in [3.8, 4) is 0 Å². The van der Waals surface area contributed by atoms with Crippen LogP contribution in [0, 0.1) is 11.6 Å². The summed E-state index contributed by atoms with van der Waals surface area (Å²) in [6, 6.07) is 13.2. The summed E-state index contributed by atoms with van der Waals surface area (Å²) >= 11 is 0. The van der Waals surface area contributed by atoms with Crippen LogP contribution in [-0.2, 0) is 17.6 Å². The smallest absolute Gasteiger partial charge is 0.137 e. The van der Waals surface area contributed by atoms with Crippen molar-refractivity contribution in [2.24, 2.45) is 0 Å². The monoisotopic (exact) mass is 260 g/mol. The zero-order valence-electron chi connectivity index (χ0n) is 10.4. The number of hydrogen-bond acceptors (Lipinski definition) is 1. The van der Waals surface area contributed by atoms with Crippen molar-refractivity contribution < 1.29 is 13.6 Å². The van der Waals surface area contributed by atoms with Crippen LogP contribution < -0.4 is 0 Å². The Kier molecular flexibility index (Phi) is 4.39. The third kappa shape index (κ3) is 3.71. The lowest BCUT2D eigenvalue weighted by atomic mass is 10.0. The van der Waals surface area contributed by atoms with Crippen LogP contribution in [0.2, 0.25) is 0 Å². The van der Waals surface area contributed by atoms with Gasteiger partial charge in [-0.2, -0.15) is 0 Å². The highest BCUT2D eigenvalue weighted by Gasteiger charge is 2.12. The normalized spacial score (nSPS) is 10.4. The Hall–Kier alpha value is -2.03. The molecule has 1 nitrogen and oxygen atoms in total. The number of ketones is 1. The summed E-state index contributed by atoms with van der Waals surface area (Å²) in [5, 5.41) is 0. The van der Waals surface area contributed by atoms with Crippen LogP contribution in [0.25, 0.3) is 0 Å². The molecule has 0 N–H and O–H groups in total. The molecular formula is C16H14F2O. The first kappa shape index (κ1) is 13.4. The molecule has 0 aliphatic heterocycles. The summed E-state index contributed by atoms with van der Waals surface area (Å²) in [6.07, 6.45) is 0.693. The minimum absolute atomic E-state index is 0.138. The zero-order chi connectivity index (χ0) is 13.7. The van der Waals surface area contributed by atoms with E-state index in [1.807, 2.05) is 30.3 Å². The molecule has 2 aromatic rings. The van der Waals surface area contributed by atoms with Crippen LogP contribution in [0.15, 0.2) is 48.5 Å². The number of carbonyl (C=O) groups is 1. The molecule has 0 saturated carbocycles. The lowest BCUT2D eigenvalue weighted by molar-refractivity contribution is -0.118. The predicted molar refractivity (Wildman–Crippen MR) is 69.8 cm³/mol. The summed E-state index contributed by atoms with van der Waals surface area (Å²) in [4.78, 5) is 11.8. The van der Waals surface area contributed by atoms with Gasteiger partial charge in [-0.05, 0) is 24.1 Å². The minimum Gasteiger partial charge on any atom is -0.299 e. The molecule has 0 unspecified atom stereocenters. The molecule has 3 heteroatoms. The molecule has 0 aromatic heterocycles. The van der Waals surface area contributed by atoms with E-state index in [4.69, 9.17) is 0 Å². The zero-order valence-corrected chi connectivity index (χ0v) is 10.4. The fraction of sp³-hybridized carbons (Fsp3) is 0.188. The first-order valence-corrected chi connectivity index (χ1v) is 6.15. The van der Waals surface area contributed by atoms with Crippen molar-refractivity contribution in [3.05, 3.63) is 71.3 Å². The molecule has 0 aliphatic rings. The number of carbonyl (C=O) groups excluding carboxylic acids is 1. The molecule has 0 saturated heterocycles. The average molecular weight is 260 g/mol. The number of rotatable bonds is 5. The van der Waals surface area contributed by atoms with Gasteiger partial charge in [-0.3, -0.25) is 4.79 Å². The maximum Gasteiger partial charge on any atom is 0.137 e. The van der Waals surface area contributed by atoms with Gasteiger partial charge in [-0.25, -0.2) is 8.78 Å². The van der Waals surface area contributed by atoms with Gasteiger partial charge in [0.15, 0.2) is 0 Å². The van der Waals surface area contributed by atoms with Crippen molar-refractivity contribution in [1.29, 1.82) is 0 Å². The Morgan fingerprint density at radius 3 is 2.16 bits per heavy atom. The van der Waals surface area contributed by atoms with E-state index in [9.17, 15) is 13.6 Å².